The molecule has 0 radical (unpaired) electrons. The van der Waals surface area contributed by atoms with Crippen molar-refractivity contribution in [3.8, 4) is 0 Å². The third-order valence-electron chi connectivity index (χ3n) is 4.91. The second kappa shape index (κ2) is 6.32. The molecule has 0 aliphatic carbocycles. The van der Waals surface area contributed by atoms with Crippen LogP contribution in [-0.2, 0) is 0 Å². The number of benzene rings is 2. The van der Waals surface area contributed by atoms with E-state index in [2.05, 4.69) is 72.9 Å². The summed E-state index contributed by atoms with van der Waals surface area (Å²) in [6.45, 7) is 4.31. The Balaban J connectivity index is 1.99. The lowest BCUT2D eigenvalue weighted by atomic mass is 9.75. The summed E-state index contributed by atoms with van der Waals surface area (Å²) in [6.07, 6.45) is 0. The molecule has 22 heavy (non-hydrogen) atoms. The number of piperidine rings is 1. The molecule has 0 amide bonds. The van der Waals surface area contributed by atoms with Gasteiger partial charge >= 0.3 is 0 Å². The van der Waals surface area contributed by atoms with Crippen LogP contribution in [0.3, 0.4) is 0 Å². The molecule has 0 unspecified atom stereocenters. The minimum Gasteiger partial charge on any atom is -0.411 e. The highest BCUT2D eigenvalue weighted by atomic mass is 16.4. The molecule has 3 N–H and O–H groups in total. The molecule has 2 aromatic carbocycles. The molecule has 1 saturated heterocycles. The maximum atomic E-state index is 9.54. The van der Waals surface area contributed by atoms with E-state index in [-0.39, 0.29) is 23.9 Å². The molecule has 1 aliphatic heterocycles. The molecule has 3 nitrogen and oxygen atoms in total. The highest BCUT2D eigenvalue weighted by Crippen LogP contribution is 2.33. The molecule has 0 aromatic heterocycles. The Morgan fingerprint density at radius 1 is 0.773 bits per heavy atom. The molecule has 1 aliphatic rings. The van der Waals surface area contributed by atoms with E-state index in [1.54, 1.807) is 0 Å². The Hall–Kier alpha value is -2.13. The third-order valence-corrected chi connectivity index (χ3v) is 4.91. The van der Waals surface area contributed by atoms with Crippen LogP contribution >= 0.6 is 0 Å². The minimum atomic E-state index is 0.211. The average molecular weight is 295 g/mol. The van der Waals surface area contributed by atoms with Crippen molar-refractivity contribution in [1.82, 2.24) is 0 Å². The fraction of sp³-hybridized carbons (Fsp3) is 0.316. The fourth-order valence-electron chi connectivity index (χ4n) is 3.67. The predicted molar refractivity (Wildman–Crippen MR) is 87.8 cm³/mol. The Labute approximate surface area is 131 Å². The molecule has 1 heterocycles. The van der Waals surface area contributed by atoms with Gasteiger partial charge in [0.1, 0.15) is 12.1 Å². The summed E-state index contributed by atoms with van der Waals surface area (Å²) in [7, 11) is 0. The lowest BCUT2D eigenvalue weighted by Crippen LogP contribution is -2.91. The first-order valence-electron chi connectivity index (χ1n) is 7.89. The van der Waals surface area contributed by atoms with Gasteiger partial charge < -0.3 is 10.5 Å². The maximum absolute atomic E-state index is 9.54. The summed E-state index contributed by atoms with van der Waals surface area (Å²) < 4.78 is 0. The third kappa shape index (κ3) is 2.64. The molecule has 3 heteroatoms. The van der Waals surface area contributed by atoms with E-state index in [1.807, 2.05) is 12.1 Å². The van der Waals surface area contributed by atoms with Gasteiger partial charge in [0.05, 0.1) is 17.5 Å². The number of hydrogen-bond donors (Lipinski definition) is 2. The topological polar surface area (TPSA) is 49.2 Å². The molecule has 114 valence electrons. The number of hydrogen-bond acceptors (Lipinski definition) is 2. The quantitative estimate of drug-likeness (QED) is 0.649. The summed E-state index contributed by atoms with van der Waals surface area (Å²) >= 11 is 0. The zero-order valence-corrected chi connectivity index (χ0v) is 13.1. The van der Waals surface area contributed by atoms with Gasteiger partial charge in [-0.15, -0.1) is 0 Å². The van der Waals surface area contributed by atoms with Crippen LogP contribution in [0, 0.1) is 11.8 Å². The number of nitrogens with two attached hydrogens (primary N) is 1. The lowest BCUT2D eigenvalue weighted by Gasteiger charge is -2.37. The van der Waals surface area contributed by atoms with Crippen LogP contribution in [0.15, 0.2) is 65.8 Å². The molecule has 0 spiro atoms. The highest BCUT2D eigenvalue weighted by Gasteiger charge is 2.42. The predicted octanol–water partition coefficient (Wildman–Crippen LogP) is 3.15. The molecule has 2 aromatic rings. The molecule has 3 rings (SSSR count). The Morgan fingerprint density at radius 2 is 1.18 bits per heavy atom. The van der Waals surface area contributed by atoms with E-state index in [9.17, 15) is 5.21 Å². The van der Waals surface area contributed by atoms with Crippen molar-refractivity contribution < 1.29 is 10.5 Å². The molecular weight excluding hydrogens is 272 g/mol. The van der Waals surface area contributed by atoms with Crippen LogP contribution in [-0.4, -0.2) is 10.9 Å². The first-order chi connectivity index (χ1) is 10.7. The van der Waals surface area contributed by atoms with E-state index >= 15 is 0 Å². The maximum Gasteiger partial charge on any atom is 0.120 e. The van der Waals surface area contributed by atoms with Gasteiger partial charge in [0.25, 0.3) is 0 Å². The Bertz CT molecular complexity index is 585. The zero-order chi connectivity index (χ0) is 15.5. The monoisotopic (exact) mass is 295 g/mol. The van der Waals surface area contributed by atoms with Crippen LogP contribution in [0.2, 0.25) is 0 Å². The number of quaternary nitrogens is 1. The van der Waals surface area contributed by atoms with Crippen LogP contribution in [0.5, 0.6) is 0 Å². The lowest BCUT2D eigenvalue weighted by molar-refractivity contribution is -0.747. The first kappa shape index (κ1) is 14.8. The van der Waals surface area contributed by atoms with Gasteiger partial charge in [-0.25, -0.2) is 0 Å². The van der Waals surface area contributed by atoms with E-state index in [0.717, 1.165) is 5.71 Å². The largest absolute Gasteiger partial charge is 0.411 e. The molecule has 4 atom stereocenters. The van der Waals surface area contributed by atoms with Crippen molar-refractivity contribution in [3.63, 3.8) is 0 Å². The summed E-state index contributed by atoms with van der Waals surface area (Å²) in [5.41, 5.74) is 3.46. The van der Waals surface area contributed by atoms with Crippen molar-refractivity contribution >= 4 is 5.71 Å². The Kier molecular flexibility index (Phi) is 4.25. The van der Waals surface area contributed by atoms with Gasteiger partial charge in [-0.1, -0.05) is 79.7 Å². The molecule has 0 bridgehead atoms. The summed E-state index contributed by atoms with van der Waals surface area (Å²) in [6, 6.07) is 21.5. The van der Waals surface area contributed by atoms with Crippen molar-refractivity contribution in [3.05, 3.63) is 71.8 Å². The first-order valence-corrected chi connectivity index (χ1v) is 7.89. The van der Waals surface area contributed by atoms with E-state index in [1.165, 1.54) is 11.1 Å². The van der Waals surface area contributed by atoms with Crippen molar-refractivity contribution in [1.29, 1.82) is 0 Å². The normalized spacial score (nSPS) is 30.4. The standard InChI is InChI=1S/C19H22N2O/c1-13-17(21-22)14(2)19(16-11-7-4-8-12-16)20-18(13)15-9-5-3-6-10-15/h3-14,18-20,22H,1-2H3/p+1/t13-,14+,18-,19-/m0/s1. The zero-order valence-electron chi connectivity index (χ0n) is 13.1. The minimum absolute atomic E-state index is 0.211. The smallest absolute Gasteiger partial charge is 0.120 e. The van der Waals surface area contributed by atoms with Gasteiger partial charge in [0, 0.05) is 11.1 Å². The second-order valence-electron chi connectivity index (χ2n) is 6.17. The van der Waals surface area contributed by atoms with Crippen molar-refractivity contribution in [2.24, 2.45) is 17.0 Å². The van der Waals surface area contributed by atoms with Gasteiger partial charge in [0.15, 0.2) is 0 Å². The highest BCUT2D eigenvalue weighted by molar-refractivity contribution is 5.89. The van der Waals surface area contributed by atoms with E-state index in [0.29, 0.717) is 0 Å². The Morgan fingerprint density at radius 3 is 1.55 bits per heavy atom. The van der Waals surface area contributed by atoms with E-state index in [4.69, 9.17) is 0 Å². The summed E-state index contributed by atoms with van der Waals surface area (Å²) in [4.78, 5) is 0. The van der Waals surface area contributed by atoms with Crippen LogP contribution in [0.25, 0.3) is 0 Å². The van der Waals surface area contributed by atoms with Crippen molar-refractivity contribution in [2.45, 2.75) is 25.9 Å². The molecular formula is C19H23N2O+. The fourth-order valence-corrected chi connectivity index (χ4v) is 3.67. The summed E-state index contributed by atoms with van der Waals surface area (Å²) in [5.74, 6) is 0.421. The second-order valence-corrected chi connectivity index (χ2v) is 6.17. The van der Waals surface area contributed by atoms with Gasteiger partial charge in [0.2, 0.25) is 0 Å². The van der Waals surface area contributed by atoms with Gasteiger partial charge in [-0.05, 0) is 0 Å². The molecule has 0 saturated carbocycles. The number of nitrogens with zero attached hydrogens (tertiary/aromatic N) is 1. The van der Waals surface area contributed by atoms with E-state index < -0.39 is 0 Å². The summed E-state index contributed by atoms with van der Waals surface area (Å²) in [5, 5.41) is 15.6. The average Bonchev–Trinajstić information content (AvgIpc) is 2.57. The van der Waals surface area contributed by atoms with Crippen LogP contribution < -0.4 is 5.32 Å². The van der Waals surface area contributed by atoms with Gasteiger partial charge in [-0.3, -0.25) is 0 Å². The van der Waals surface area contributed by atoms with Crippen LogP contribution in [0.1, 0.15) is 37.1 Å². The SMILES string of the molecule is C[C@@H]1C(=NO)[C@H](C)[C@@H](c2ccccc2)[NH2+][C@@H]1c1ccccc1. The van der Waals surface area contributed by atoms with Gasteiger partial charge in [-0.2, -0.15) is 0 Å². The van der Waals surface area contributed by atoms with Crippen LogP contribution in [0.4, 0.5) is 0 Å². The molecule has 1 fully saturated rings. The number of rotatable bonds is 2. The number of oxime groups is 1. The van der Waals surface area contributed by atoms with Crippen molar-refractivity contribution in [2.75, 3.05) is 0 Å².